The number of carbonyl (C=O) groups excluding carboxylic acids is 1. The van der Waals surface area contributed by atoms with Gasteiger partial charge in [-0.05, 0) is 51.8 Å². The van der Waals surface area contributed by atoms with Crippen LogP contribution in [0.5, 0.6) is 0 Å². The largest absolute Gasteiger partial charge is 0.444 e. The zero-order valence-corrected chi connectivity index (χ0v) is 25.0. The van der Waals surface area contributed by atoms with Crippen molar-refractivity contribution < 1.29 is 28.5 Å². The lowest BCUT2D eigenvalue weighted by molar-refractivity contribution is 0.0348. The lowest BCUT2D eigenvalue weighted by atomic mass is 9.95. The fourth-order valence-corrected chi connectivity index (χ4v) is 3.78. The number of aliphatic hydroxyl groups excluding tert-OH is 1. The van der Waals surface area contributed by atoms with Crippen LogP contribution in [0.4, 0.5) is 20.6 Å². The molecular formula is C34H41FN2O5. The Hall–Kier alpha value is -3.90. The standard InChI is InChI=1S/C34H41FN2O5/c1-33(2,3)42-32(39)37-31-18-27(16-17-34(4,5)24-41-22-26-14-10-7-11-15-26)30(19-29(31)35)36-20-28(38)23-40-21-25-12-8-6-9-13-25/h6-15,18-19,28,36,38H,20-24H2,1-5H3,(H,37,39). The number of aliphatic hydroxyl groups is 1. The van der Waals surface area contributed by atoms with Crippen molar-refractivity contribution in [3.05, 3.63) is 95.3 Å². The lowest BCUT2D eigenvalue weighted by Gasteiger charge is -2.20. The van der Waals surface area contributed by atoms with Gasteiger partial charge in [-0.25, -0.2) is 9.18 Å². The van der Waals surface area contributed by atoms with Gasteiger partial charge in [0.05, 0.1) is 43.9 Å². The van der Waals surface area contributed by atoms with E-state index in [2.05, 4.69) is 22.5 Å². The van der Waals surface area contributed by atoms with E-state index in [1.165, 1.54) is 12.1 Å². The molecule has 0 spiro atoms. The molecule has 1 atom stereocenters. The number of amides is 1. The van der Waals surface area contributed by atoms with Crippen molar-refractivity contribution in [3.63, 3.8) is 0 Å². The van der Waals surface area contributed by atoms with Gasteiger partial charge < -0.3 is 24.6 Å². The van der Waals surface area contributed by atoms with Crippen LogP contribution >= 0.6 is 0 Å². The van der Waals surface area contributed by atoms with Crippen LogP contribution in [0, 0.1) is 23.1 Å². The summed E-state index contributed by atoms with van der Waals surface area (Å²) in [6.07, 6.45) is -1.62. The second-order valence-corrected chi connectivity index (χ2v) is 11.7. The second kappa shape index (κ2) is 15.4. The maximum absolute atomic E-state index is 15.1. The minimum atomic E-state index is -0.847. The summed E-state index contributed by atoms with van der Waals surface area (Å²) < 4.78 is 31.9. The summed E-state index contributed by atoms with van der Waals surface area (Å²) in [6.45, 7) is 10.5. The minimum absolute atomic E-state index is 0.0658. The van der Waals surface area contributed by atoms with E-state index in [4.69, 9.17) is 14.2 Å². The summed E-state index contributed by atoms with van der Waals surface area (Å²) in [4.78, 5) is 12.3. The smallest absolute Gasteiger partial charge is 0.412 e. The molecule has 1 amide bonds. The van der Waals surface area contributed by atoms with Crippen molar-refractivity contribution in [2.45, 2.75) is 59.5 Å². The van der Waals surface area contributed by atoms with E-state index in [0.717, 1.165) is 11.1 Å². The van der Waals surface area contributed by atoms with E-state index in [1.807, 2.05) is 74.5 Å². The predicted octanol–water partition coefficient (Wildman–Crippen LogP) is 6.76. The quantitative estimate of drug-likeness (QED) is 0.207. The number of halogens is 1. The Bertz CT molecular complexity index is 1350. The van der Waals surface area contributed by atoms with E-state index >= 15 is 4.39 Å². The third-order valence-electron chi connectivity index (χ3n) is 5.80. The molecule has 1 unspecified atom stereocenters. The minimum Gasteiger partial charge on any atom is -0.444 e. The Labute approximate surface area is 248 Å². The van der Waals surface area contributed by atoms with Gasteiger partial charge in [-0.15, -0.1) is 0 Å². The Morgan fingerprint density at radius 1 is 0.905 bits per heavy atom. The highest BCUT2D eigenvalue weighted by atomic mass is 19.1. The highest BCUT2D eigenvalue weighted by Gasteiger charge is 2.20. The van der Waals surface area contributed by atoms with Crippen LogP contribution in [0.15, 0.2) is 72.8 Å². The van der Waals surface area contributed by atoms with Gasteiger partial charge in [-0.3, -0.25) is 5.32 Å². The third-order valence-corrected chi connectivity index (χ3v) is 5.80. The molecule has 0 heterocycles. The summed E-state index contributed by atoms with van der Waals surface area (Å²) in [5, 5.41) is 16.0. The molecule has 0 aromatic heterocycles. The second-order valence-electron chi connectivity index (χ2n) is 11.7. The number of rotatable bonds is 12. The van der Waals surface area contributed by atoms with E-state index in [0.29, 0.717) is 31.1 Å². The Morgan fingerprint density at radius 2 is 1.50 bits per heavy atom. The number of hydrogen-bond acceptors (Lipinski definition) is 6. The van der Waals surface area contributed by atoms with Crippen molar-refractivity contribution >= 4 is 17.5 Å². The third kappa shape index (κ3) is 11.9. The molecule has 3 aromatic carbocycles. The van der Waals surface area contributed by atoms with E-state index in [1.54, 1.807) is 20.8 Å². The van der Waals surface area contributed by atoms with Crippen LogP contribution in [0.1, 0.15) is 51.3 Å². The zero-order valence-electron chi connectivity index (χ0n) is 25.0. The number of benzene rings is 3. The molecule has 224 valence electrons. The number of anilines is 2. The van der Waals surface area contributed by atoms with Gasteiger partial charge in [-0.2, -0.15) is 0 Å². The fraction of sp³-hybridized carbons (Fsp3) is 0.382. The molecular weight excluding hydrogens is 535 g/mol. The number of ether oxygens (including phenoxy) is 3. The molecule has 3 aromatic rings. The summed E-state index contributed by atoms with van der Waals surface area (Å²) in [5.74, 6) is 5.66. The maximum Gasteiger partial charge on any atom is 0.412 e. The first kappa shape index (κ1) is 32.6. The van der Waals surface area contributed by atoms with Crippen LogP contribution in [0.25, 0.3) is 0 Å². The molecule has 3 rings (SSSR count). The molecule has 0 aliphatic carbocycles. The average molecular weight is 577 g/mol. The molecule has 0 bridgehead atoms. The lowest BCUT2D eigenvalue weighted by Crippen LogP contribution is -2.27. The van der Waals surface area contributed by atoms with Gasteiger partial charge in [0, 0.05) is 23.6 Å². The van der Waals surface area contributed by atoms with Crippen molar-refractivity contribution in [1.29, 1.82) is 0 Å². The van der Waals surface area contributed by atoms with Crippen LogP contribution in [0.2, 0.25) is 0 Å². The molecule has 0 aliphatic rings. The number of hydrogen-bond donors (Lipinski definition) is 3. The molecule has 8 heteroatoms. The van der Waals surface area contributed by atoms with Gasteiger partial charge in [-0.1, -0.05) is 72.5 Å². The monoisotopic (exact) mass is 576 g/mol. The average Bonchev–Trinajstić information content (AvgIpc) is 2.92. The fourth-order valence-electron chi connectivity index (χ4n) is 3.78. The highest BCUT2D eigenvalue weighted by molar-refractivity contribution is 5.86. The number of nitrogens with one attached hydrogen (secondary N) is 2. The molecule has 3 N–H and O–H groups in total. The number of carbonyl (C=O) groups is 1. The van der Waals surface area contributed by atoms with Crippen molar-refractivity contribution in [2.24, 2.45) is 5.41 Å². The molecule has 0 radical (unpaired) electrons. The van der Waals surface area contributed by atoms with Crippen LogP contribution in [0.3, 0.4) is 0 Å². The van der Waals surface area contributed by atoms with Crippen molar-refractivity contribution in [1.82, 2.24) is 0 Å². The summed E-state index contributed by atoms with van der Waals surface area (Å²) in [6, 6.07) is 22.2. The van der Waals surface area contributed by atoms with E-state index in [-0.39, 0.29) is 18.8 Å². The summed E-state index contributed by atoms with van der Waals surface area (Å²) in [5.41, 5.74) is 1.55. The molecule has 0 fully saturated rings. The van der Waals surface area contributed by atoms with E-state index in [9.17, 15) is 9.90 Å². The molecule has 42 heavy (non-hydrogen) atoms. The van der Waals surface area contributed by atoms with Gasteiger partial charge >= 0.3 is 6.09 Å². The van der Waals surface area contributed by atoms with Crippen molar-refractivity contribution in [3.8, 4) is 11.8 Å². The summed E-state index contributed by atoms with van der Waals surface area (Å²) in [7, 11) is 0. The molecule has 0 aliphatic heterocycles. The Kier molecular flexibility index (Phi) is 11.9. The Morgan fingerprint density at radius 3 is 2.10 bits per heavy atom. The topological polar surface area (TPSA) is 89.1 Å². The SMILES string of the molecule is CC(C)(C#Cc1cc(NC(=O)OC(C)(C)C)c(F)cc1NCC(O)COCc1ccccc1)COCc1ccccc1. The van der Waals surface area contributed by atoms with Crippen LogP contribution in [-0.2, 0) is 27.4 Å². The van der Waals surface area contributed by atoms with Gasteiger partial charge in [0.2, 0.25) is 0 Å². The Balaban J connectivity index is 1.71. The van der Waals surface area contributed by atoms with Crippen molar-refractivity contribution in [2.75, 3.05) is 30.4 Å². The molecule has 0 saturated heterocycles. The highest BCUT2D eigenvalue weighted by Crippen LogP contribution is 2.26. The van der Waals surface area contributed by atoms with Gasteiger partial charge in [0.1, 0.15) is 11.4 Å². The summed E-state index contributed by atoms with van der Waals surface area (Å²) >= 11 is 0. The molecule has 0 saturated carbocycles. The van der Waals surface area contributed by atoms with E-state index < -0.39 is 29.0 Å². The predicted molar refractivity (Wildman–Crippen MR) is 164 cm³/mol. The maximum atomic E-state index is 15.1. The first-order chi connectivity index (χ1) is 19.9. The molecule has 7 nitrogen and oxygen atoms in total. The van der Waals surface area contributed by atoms with Gasteiger partial charge in [0.15, 0.2) is 0 Å². The first-order valence-corrected chi connectivity index (χ1v) is 13.9. The zero-order chi connectivity index (χ0) is 30.6. The normalized spacial score (nSPS) is 12.2. The van der Waals surface area contributed by atoms with Crippen LogP contribution in [-0.4, -0.2) is 42.7 Å². The van der Waals surface area contributed by atoms with Gasteiger partial charge in [0.25, 0.3) is 0 Å². The van der Waals surface area contributed by atoms with Crippen LogP contribution < -0.4 is 10.6 Å². The first-order valence-electron chi connectivity index (χ1n) is 13.9.